The molecule has 2 fully saturated rings. The van der Waals surface area contributed by atoms with Crippen LogP contribution in [0.3, 0.4) is 0 Å². The molecule has 4 atom stereocenters. The van der Waals surface area contributed by atoms with E-state index in [1.807, 2.05) is 51.1 Å². The fraction of sp³-hybridized carbons (Fsp3) is 0.609. The molecule has 2 heterocycles. The van der Waals surface area contributed by atoms with Gasteiger partial charge in [-0.15, -0.1) is 0 Å². The van der Waals surface area contributed by atoms with Gasteiger partial charge >= 0.3 is 12.2 Å². The minimum absolute atomic E-state index is 0.117. The van der Waals surface area contributed by atoms with Gasteiger partial charge in [0, 0.05) is 13.7 Å². The van der Waals surface area contributed by atoms with Crippen LogP contribution in [0.1, 0.15) is 52.1 Å². The number of nitrogens with zero attached hydrogens (tertiary/aromatic N) is 2. The van der Waals surface area contributed by atoms with E-state index in [-0.39, 0.29) is 18.6 Å². The average Bonchev–Trinajstić information content (AvgIpc) is 3.34. The third kappa shape index (κ3) is 5.01. The van der Waals surface area contributed by atoms with Crippen LogP contribution in [-0.2, 0) is 19.0 Å². The Morgan fingerprint density at radius 2 is 1.87 bits per heavy atom. The van der Waals surface area contributed by atoms with Gasteiger partial charge in [-0.2, -0.15) is 0 Å². The van der Waals surface area contributed by atoms with Crippen LogP contribution < -0.4 is 0 Å². The van der Waals surface area contributed by atoms with E-state index >= 15 is 0 Å². The maximum absolute atomic E-state index is 13.4. The third-order valence-corrected chi connectivity index (χ3v) is 5.76. The molecule has 3 rings (SSSR count). The monoisotopic (exact) mass is 432 g/mol. The van der Waals surface area contributed by atoms with E-state index in [9.17, 15) is 14.4 Å². The highest BCUT2D eigenvalue weighted by Crippen LogP contribution is 2.33. The topological polar surface area (TPSA) is 85.4 Å². The van der Waals surface area contributed by atoms with Crippen molar-refractivity contribution in [1.82, 2.24) is 9.80 Å². The molecule has 0 radical (unpaired) electrons. The zero-order valence-electron chi connectivity index (χ0n) is 18.9. The van der Waals surface area contributed by atoms with Crippen LogP contribution >= 0.6 is 0 Å². The normalized spacial score (nSPS) is 23.5. The summed E-state index contributed by atoms with van der Waals surface area (Å²) < 4.78 is 16.5. The van der Waals surface area contributed by atoms with Gasteiger partial charge in [-0.1, -0.05) is 37.3 Å². The number of carbonyl (C=O) groups excluding carboxylic acids is 3. The molecule has 31 heavy (non-hydrogen) atoms. The van der Waals surface area contributed by atoms with Crippen LogP contribution in [0.2, 0.25) is 0 Å². The van der Waals surface area contributed by atoms with Gasteiger partial charge in [0.1, 0.15) is 18.2 Å². The van der Waals surface area contributed by atoms with Gasteiger partial charge in [-0.3, -0.25) is 4.79 Å². The number of ether oxygens (including phenoxy) is 3. The second-order valence-electron chi connectivity index (χ2n) is 9.08. The minimum atomic E-state index is -0.658. The Labute approximate surface area is 183 Å². The highest BCUT2D eigenvalue weighted by molar-refractivity contribution is 5.95. The summed E-state index contributed by atoms with van der Waals surface area (Å²) in [6.45, 7) is 7.84. The lowest BCUT2D eigenvalue weighted by Crippen LogP contribution is -2.51. The lowest BCUT2D eigenvalue weighted by molar-refractivity contribution is -0.139. The summed E-state index contributed by atoms with van der Waals surface area (Å²) in [6.07, 6.45) is -0.159. The zero-order valence-corrected chi connectivity index (χ0v) is 18.9. The zero-order chi connectivity index (χ0) is 22.8. The molecule has 170 valence electrons. The van der Waals surface area contributed by atoms with E-state index in [1.165, 1.54) is 12.0 Å². The second-order valence-corrected chi connectivity index (χ2v) is 9.08. The summed E-state index contributed by atoms with van der Waals surface area (Å²) >= 11 is 0. The van der Waals surface area contributed by atoms with Gasteiger partial charge < -0.3 is 19.1 Å². The molecule has 0 N–H and O–H groups in total. The number of amides is 3. The summed E-state index contributed by atoms with van der Waals surface area (Å²) in [4.78, 5) is 41.4. The van der Waals surface area contributed by atoms with Crippen LogP contribution in [-0.4, -0.2) is 65.9 Å². The van der Waals surface area contributed by atoms with Crippen molar-refractivity contribution in [3.63, 3.8) is 0 Å². The van der Waals surface area contributed by atoms with E-state index in [0.29, 0.717) is 13.0 Å². The molecular formula is C23H32N2O6. The molecule has 0 aliphatic carbocycles. The van der Waals surface area contributed by atoms with Crippen molar-refractivity contribution in [2.24, 2.45) is 5.92 Å². The van der Waals surface area contributed by atoms with E-state index < -0.39 is 35.9 Å². The van der Waals surface area contributed by atoms with Gasteiger partial charge in [0.05, 0.1) is 18.1 Å². The first-order valence-corrected chi connectivity index (χ1v) is 10.7. The summed E-state index contributed by atoms with van der Waals surface area (Å²) in [5.74, 6) is -1.03. The summed E-state index contributed by atoms with van der Waals surface area (Å²) in [7, 11) is 1.52. The minimum Gasteiger partial charge on any atom is -0.446 e. The molecule has 2 saturated heterocycles. The molecule has 0 bridgehead atoms. The van der Waals surface area contributed by atoms with E-state index in [2.05, 4.69) is 0 Å². The first kappa shape index (κ1) is 23.1. The van der Waals surface area contributed by atoms with Crippen molar-refractivity contribution in [1.29, 1.82) is 0 Å². The quantitative estimate of drug-likeness (QED) is 0.704. The molecule has 0 spiro atoms. The first-order valence-electron chi connectivity index (χ1n) is 10.7. The van der Waals surface area contributed by atoms with Crippen molar-refractivity contribution in [3.05, 3.63) is 35.9 Å². The maximum Gasteiger partial charge on any atom is 0.417 e. The lowest BCUT2D eigenvalue weighted by atomic mass is 9.93. The van der Waals surface area contributed by atoms with E-state index in [4.69, 9.17) is 14.2 Å². The van der Waals surface area contributed by atoms with Crippen LogP contribution in [0.5, 0.6) is 0 Å². The molecule has 1 aromatic carbocycles. The van der Waals surface area contributed by atoms with Crippen LogP contribution in [0.15, 0.2) is 30.3 Å². The number of methoxy groups -OCH3 is 1. The van der Waals surface area contributed by atoms with Gasteiger partial charge in [-0.05, 0) is 39.2 Å². The molecule has 0 saturated carbocycles. The fourth-order valence-electron chi connectivity index (χ4n) is 4.32. The number of hydrogen-bond acceptors (Lipinski definition) is 6. The van der Waals surface area contributed by atoms with Gasteiger partial charge in [0.15, 0.2) is 0 Å². The van der Waals surface area contributed by atoms with E-state index in [1.54, 1.807) is 11.8 Å². The number of benzene rings is 1. The molecule has 0 aromatic heterocycles. The summed E-state index contributed by atoms with van der Waals surface area (Å²) in [5.41, 5.74) is 0.218. The molecule has 8 heteroatoms. The molecule has 2 aliphatic rings. The number of rotatable bonds is 5. The van der Waals surface area contributed by atoms with Crippen molar-refractivity contribution in [2.75, 3.05) is 20.3 Å². The van der Waals surface area contributed by atoms with Crippen LogP contribution in [0, 0.1) is 5.92 Å². The van der Waals surface area contributed by atoms with Crippen molar-refractivity contribution in [2.45, 2.75) is 64.3 Å². The van der Waals surface area contributed by atoms with Gasteiger partial charge in [-0.25, -0.2) is 14.5 Å². The smallest absolute Gasteiger partial charge is 0.417 e. The van der Waals surface area contributed by atoms with Crippen molar-refractivity contribution >= 4 is 18.1 Å². The van der Waals surface area contributed by atoms with E-state index in [0.717, 1.165) is 12.0 Å². The molecule has 2 unspecified atom stereocenters. The Morgan fingerprint density at radius 1 is 1.19 bits per heavy atom. The number of likely N-dealkylation sites (tertiary alicyclic amines) is 1. The average molecular weight is 433 g/mol. The molecule has 1 aromatic rings. The highest BCUT2D eigenvalue weighted by atomic mass is 16.6. The number of cyclic esters (lactones) is 1. The molecule has 8 nitrogen and oxygen atoms in total. The largest absolute Gasteiger partial charge is 0.446 e. The van der Waals surface area contributed by atoms with Crippen LogP contribution in [0.4, 0.5) is 9.59 Å². The fourth-order valence-corrected chi connectivity index (χ4v) is 4.32. The Hall–Kier alpha value is -2.61. The van der Waals surface area contributed by atoms with Crippen LogP contribution in [0.25, 0.3) is 0 Å². The standard InChI is InChI=1S/C23H32N2O6/c1-15(19(29-5)17-12-9-13-24(17)21(27)31-23(2,3)4)20(26)25-18(14-30-22(25)28)16-10-7-6-8-11-16/h6-8,10-11,15,17-19H,9,12-14H2,1-5H3/t15-,17?,18?,19-/m1/s1. The SMILES string of the molecule is CO[C@@H](C1CCCN1C(=O)OC(C)(C)C)[C@@H](C)C(=O)N1C(=O)OCC1c1ccccc1. The summed E-state index contributed by atoms with van der Waals surface area (Å²) in [5, 5.41) is 0. The number of hydrogen-bond donors (Lipinski definition) is 0. The van der Waals surface area contributed by atoms with Gasteiger partial charge in [0.2, 0.25) is 5.91 Å². The Bertz CT molecular complexity index is 806. The van der Waals surface area contributed by atoms with Crippen molar-refractivity contribution in [3.8, 4) is 0 Å². The first-order chi connectivity index (χ1) is 14.6. The Kier molecular flexibility index (Phi) is 6.89. The molecule has 2 aliphatic heterocycles. The third-order valence-electron chi connectivity index (χ3n) is 5.76. The summed E-state index contributed by atoms with van der Waals surface area (Å²) in [6, 6.07) is 8.54. The van der Waals surface area contributed by atoms with Crippen molar-refractivity contribution < 1.29 is 28.6 Å². The predicted octanol–water partition coefficient (Wildman–Crippen LogP) is 3.76. The maximum atomic E-state index is 13.4. The van der Waals surface area contributed by atoms with Gasteiger partial charge in [0.25, 0.3) is 0 Å². The second kappa shape index (κ2) is 9.26. The Balaban J connectivity index is 1.79. The Morgan fingerprint density at radius 3 is 2.48 bits per heavy atom. The predicted molar refractivity (Wildman–Crippen MR) is 113 cm³/mol. The molecular weight excluding hydrogens is 400 g/mol. The highest BCUT2D eigenvalue weighted by Gasteiger charge is 2.46. The molecule has 3 amide bonds. The lowest BCUT2D eigenvalue weighted by Gasteiger charge is -2.35. The number of carbonyl (C=O) groups is 3. The number of imide groups is 1.